The maximum atomic E-state index is 8.60. The molecule has 0 aliphatic heterocycles. The van der Waals surface area contributed by atoms with Crippen molar-refractivity contribution in [3.05, 3.63) is 22.3 Å². The summed E-state index contributed by atoms with van der Waals surface area (Å²) in [5.41, 5.74) is 6.67. The molecule has 1 rings (SSSR count). The third-order valence-corrected chi connectivity index (χ3v) is 3.54. The number of anilines is 1. The predicted octanol–water partition coefficient (Wildman–Crippen LogP) is 2.75. The van der Waals surface area contributed by atoms with Gasteiger partial charge in [0.1, 0.15) is 11.7 Å². The average molecular weight is 329 g/mol. The minimum atomic E-state index is 0.239. The minimum absolute atomic E-state index is 0.239. The van der Waals surface area contributed by atoms with E-state index < -0.39 is 0 Å². The molecule has 0 aromatic carbocycles. The molecule has 0 saturated heterocycles. The molecule has 5 nitrogen and oxygen atoms in total. The zero-order chi connectivity index (χ0) is 14.4. The van der Waals surface area contributed by atoms with Crippen LogP contribution in [0.3, 0.4) is 0 Å². The summed E-state index contributed by atoms with van der Waals surface area (Å²) in [6.07, 6.45) is 2.32. The summed E-state index contributed by atoms with van der Waals surface area (Å²) in [6, 6.07) is 2.04. The van der Waals surface area contributed by atoms with Gasteiger partial charge >= 0.3 is 0 Å². The molecular formula is C13H21BrN4O. The first-order chi connectivity index (χ1) is 8.93. The van der Waals surface area contributed by atoms with Crippen molar-refractivity contribution >= 4 is 27.6 Å². The van der Waals surface area contributed by atoms with Crippen LogP contribution in [0.4, 0.5) is 5.82 Å². The van der Waals surface area contributed by atoms with Crippen LogP contribution in [-0.4, -0.2) is 29.1 Å². The van der Waals surface area contributed by atoms with Gasteiger partial charge in [0.25, 0.3) is 0 Å². The summed E-state index contributed by atoms with van der Waals surface area (Å²) in [4.78, 5) is 6.59. The Balaban J connectivity index is 2.85. The molecule has 0 bridgehead atoms. The Labute approximate surface area is 122 Å². The quantitative estimate of drug-likeness (QED) is 0.364. The van der Waals surface area contributed by atoms with Crippen LogP contribution < -0.4 is 10.6 Å². The fourth-order valence-corrected chi connectivity index (χ4v) is 1.95. The Hall–Kier alpha value is -1.30. The second-order valence-corrected chi connectivity index (χ2v) is 5.83. The lowest BCUT2D eigenvalue weighted by atomic mass is 10.2. The molecule has 0 aliphatic rings. The number of nitrogens with two attached hydrogens (primary N) is 1. The zero-order valence-corrected chi connectivity index (χ0v) is 13.2. The van der Waals surface area contributed by atoms with Crippen molar-refractivity contribution in [2.45, 2.75) is 27.2 Å². The Morgan fingerprint density at radius 1 is 1.58 bits per heavy atom. The molecule has 0 saturated carbocycles. The maximum absolute atomic E-state index is 8.60. The topological polar surface area (TPSA) is 74.7 Å². The summed E-state index contributed by atoms with van der Waals surface area (Å²) in [7, 11) is 0. The molecule has 6 heteroatoms. The average Bonchev–Trinajstić information content (AvgIpc) is 2.37. The first kappa shape index (κ1) is 15.8. The van der Waals surface area contributed by atoms with Crippen molar-refractivity contribution in [1.29, 1.82) is 0 Å². The normalized spacial score (nSPS) is 11.9. The van der Waals surface area contributed by atoms with E-state index in [0.29, 0.717) is 18.9 Å². The van der Waals surface area contributed by atoms with Gasteiger partial charge < -0.3 is 15.8 Å². The van der Waals surface area contributed by atoms with Crippen LogP contribution >= 0.6 is 15.9 Å². The number of aryl methyl sites for hydroxylation is 1. The van der Waals surface area contributed by atoms with E-state index in [4.69, 9.17) is 10.9 Å². The van der Waals surface area contributed by atoms with Crippen LogP contribution in [-0.2, 0) is 0 Å². The smallest absolute Gasteiger partial charge is 0.140 e. The number of oxime groups is 1. The van der Waals surface area contributed by atoms with E-state index in [0.717, 1.165) is 22.4 Å². The molecule has 1 heterocycles. The first-order valence-corrected chi connectivity index (χ1v) is 7.06. The summed E-state index contributed by atoms with van der Waals surface area (Å²) in [5.74, 6) is 1.67. The van der Waals surface area contributed by atoms with Crippen LogP contribution in [0.25, 0.3) is 0 Å². The molecule has 0 amide bonds. The highest BCUT2D eigenvalue weighted by Gasteiger charge is 2.11. The van der Waals surface area contributed by atoms with Gasteiger partial charge in [0.2, 0.25) is 0 Å². The lowest BCUT2D eigenvalue weighted by molar-refractivity contribution is 0.317. The second kappa shape index (κ2) is 7.33. The molecule has 3 N–H and O–H groups in total. The molecule has 19 heavy (non-hydrogen) atoms. The van der Waals surface area contributed by atoms with E-state index in [1.54, 1.807) is 0 Å². The summed E-state index contributed by atoms with van der Waals surface area (Å²) < 4.78 is 0.997. The number of hydrogen-bond donors (Lipinski definition) is 2. The largest absolute Gasteiger partial charge is 0.409 e. The van der Waals surface area contributed by atoms with Gasteiger partial charge in [-0.05, 0) is 40.4 Å². The lowest BCUT2D eigenvalue weighted by Gasteiger charge is -2.25. The maximum Gasteiger partial charge on any atom is 0.140 e. The van der Waals surface area contributed by atoms with Crippen LogP contribution in [0, 0.1) is 12.8 Å². The van der Waals surface area contributed by atoms with Crippen LogP contribution in [0.1, 0.15) is 25.8 Å². The number of amidine groups is 1. The number of hydrogen-bond acceptors (Lipinski definition) is 4. The SMILES string of the molecule is Cc1cc(N(CC/C(N)=N/O)CC(C)C)ncc1Br. The molecule has 106 valence electrons. The summed E-state index contributed by atoms with van der Waals surface area (Å²) in [6.45, 7) is 7.91. The predicted molar refractivity (Wildman–Crippen MR) is 81.8 cm³/mol. The van der Waals surface area contributed by atoms with E-state index in [2.05, 4.69) is 44.8 Å². The zero-order valence-electron chi connectivity index (χ0n) is 11.6. The summed E-state index contributed by atoms with van der Waals surface area (Å²) >= 11 is 3.45. The minimum Gasteiger partial charge on any atom is -0.409 e. The molecule has 0 unspecified atom stereocenters. The van der Waals surface area contributed by atoms with Gasteiger partial charge in [0.05, 0.1) is 0 Å². The van der Waals surface area contributed by atoms with Crippen LogP contribution in [0.15, 0.2) is 21.9 Å². The molecule has 1 aromatic rings. The van der Waals surface area contributed by atoms with E-state index >= 15 is 0 Å². The van der Waals surface area contributed by atoms with Crippen molar-refractivity contribution in [3.8, 4) is 0 Å². The van der Waals surface area contributed by atoms with Gasteiger partial charge in [-0.2, -0.15) is 0 Å². The van der Waals surface area contributed by atoms with E-state index in [1.165, 1.54) is 0 Å². The second-order valence-electron chi connectivity index (χ2n) is 4.97. The van der Waals surface area contributed by atoms with Crippen molar-refractivity contribution in [2.24, 2.45) is 16.8 Å². The Kier molecular flexibility index (Phi) is 6.08. The van der Waals surface area contributed by atoms with Crippen molar-refractivity contribution in [3.63, 3.8) is 0 Å². The monoisotopic (exact) mass is 328 g/mol. The fraction of sp³-hybridized carbons (Fsp3) is 0.538. The molecular weight excluding hydrogens is 308 g/mol. The van der Waals surface area contributed by atoms with E-state index in [1.807, 2.05) is 19.2 Å². The van der Waals surface area contributed by atoms with Gasteiger partial charge in [0.15, 0.2) is 0 Å². The van der Waals surface area contributed by atoms with E-state index in [-0.39, 0.29) is 5.84 Å². The van der Waals surface area contributed by atoms with Crippen molar-refractivity contribution < 1.29 is 5.21 Å². The van der Waals surface area contributed by atoms with Crippen LogP contribution in [0.2, 0.25) is 0 Å². The number of rotatable bonds is 6. The molecule has 0 spiro atoms. The number of pyridine rings is 1. The Morgan fingerprint density at radius 3 is 2.79 bits per heavy atom. The number of nitrogens with zero attached hydrogens (tertiary/aromatic N) is 3. The van der Waals surface area contributed by atoms with E-state index in [9.17, 15) is 0 Å². The van der Waals surface area contributed by atoms with Gasteiger partial charge in [-0.25, -0.2) is 4.98 Å². The van der Waals surface area contributed by atoms with Crippen LogP contribution in [0.5, 0.6) is 0 Å². The first-order valence-electron chi connectivity index (χ1n) is 6.27. The molecule has 0 radical (unpaired) electrons. The highest BCUT2D eigenvalue weighted by atomic mass is 79.9. The summed E-state index contributed by atoms with van der Waals surface area (Å²) in [5, 5.41) is 11.6. The van der Waals surface area contributed by atoms with Crippen molar-refractivity contribution in [2.75, 3.05) is 18.0 Å². The standard InChI is InChI=1S/C13H21BrN4O/c1-9(2)8-18(5-4-12(15)17-19)13-6-10(3)11(14)7-16-13/h6-7,9,19H,4-5,8H2,1-3H3,(H2,15,17). The lowest BCUT2D eigenvalue weighted by Crippen LogP contribution is -2.32. The van der Waals surface area contributed by atoms with Crippen molar-refractivity contribution in [1.82, 2.24) is 4.98 Å². The third-order valence-electron chi connectivity index (χ3n) is 2.71. The fourth-order valence-electron chi connectivity index (χ4n) is 1.74. The highest BCUT2D eigenvalue weighted by Crippen LogP contribution is 2.21. The highest BCUT2D eigenvalue weighted by molar-refractivity contribution is 9.10. The van der Waals surface area contributed by atoms with Gasteiger partial charge in [-0.15, -0.1) is 0 Å². The van der Waals surface area contributed by atoms with Gasteiger partial charge in [-0.3, -0.25) is 0 Å². The molecule has 0 atom stereocenters. The molecule has 0 aliphatic carbocycles. The molecule has 1 aromatic heterocycles. The number of halogens is 1. The molecule has 0 fully saturated rings. The Bertz CT molecular complexity index is 448. The Morgan fingerprint density at radius 2 is 2.26 bits per heavy atom. The van der Waals surface area contributed by atoms with Gasteiger partial charge in [-0.1, -0.05) is 19.0 Å². The third kappa shape index (κ3) is 5.06. The number of aromatic nitrogens is 1. The van der Waals surface area contributed by atoms with Gasteiger partial charge in [0, 0.05) is 30.2 Å².